The Morgan fingerprint density at radius 3 is 2.67 bits per heavy atom. The topological polar surface area (TPSA) is 71.7 Å². The molecule has 0 unspecified atom stereocenters. The van der Waals surface area contributed by atoms with Crippen LogP contribution in [0.15, 0.2) is 0 Å². The molecule has 0 radical (unpaired) electrons. The number of aromatic nitrogens is 1. The molecule has 118 valence electrons. The third-order valence-electron chi connectivity index (χ3n) is 3.63. The van der Waals surface area contributed by atoms with Crippen LogP contribution in [0.3, 0.4) is 0 Å². The molecule has 0 aromatic carbocycles. The Bertz CT molecular complexity index is 481. The van der Waals surface area contributed by atoms with Gasteiger partial charge >= 0.3 is 0 Å². The van der Waals surface area contributed by atoms with Crippen LogP contribution in [-0.4, -0.2) is 67.1 Å². The lowest BCUT2D eigenvalue weighted by Crippen LogP contribution is -2.41. The third kappa shape index (κ3) is 4.39. The number of nitrogens with zero attached hydrogens (tertiary/aromatic N) is 3. The molecule has 0 saturated carbocycles. The van der Waals surface area contributed by atoms with E-state index in [1.807, 2.05) is 25.9 Å². The molecular weight excluding hydrogens is 288 g/mol. The first kappa shape index (κ1) is 16.2. The molecular formula is C14H24N4O2S. The van der Waals surface area contributed by atoms with Crippen molar-refractivity contribution in [1.29, 1.82) is 0 Å². The Morgan fingerprint density at radius 2 is 2.14 bits per heavy atom. The van der Waals surface area contributed by atoms with Crippen LogP contribution in [0.4, 0.5) is 5.13 Å². The molecule has 0 spiro atoms. The number of thiazole rings is 1. The fourth-order valence-electron chi connectivity index (χ4n) is 2.39. The molecule has 1 fully saturated rings. The maximum Gasteiger partial charge on any atom is 0.265 e. The number of carbonyl (C=O) groups is 1. The second kappa shape index (κ2) is 7.20. The highest BCUT2D eigenvalue weighted by atomic mass is 32.1. The molecule has 2 rings (SSSR count). The van der Waals surface area contributed by atoms with Gasteiger partial charge in [-0.25, -0.2) is 4.98 Å². The average Bonchev–Trinajstić information content (AvgIpc) is 2.77. The fourth-order valence-corrected chi connectivity index (χ4v) is 3.19. The van der Waals surface area contributed by atoms with E-state index in [1.165, 1.54) is 11.3 Å². The molecule has 1 aromatic heterocycles. The summed E-state index contributed by atoms with van der Waals surface area (Å²) in [5.41, 5.74) is 6.39. The zero-order valence-corrected chi connectivity index (χ0v) is 13.8. The number of anilines is 1. The number of likely N-dealkylation sites (N-methyl/N-ethyl adjacent to an activating group) is 1. The second-order valence-corrected chi connectivity index (χ2v) is 6.66. The van der Waals surface area contributed by atoms with Crippen LogP contribution < -0.4 is 5.73 Å². The Kier molecular flexibility index (Phi) is 5.55. The van der Waals surface area contributed by atoms with E-state index in [0.717, 1.165) is 44.8 Å². The number of piperidine rings is 1. The Hall–Kier alpha value is -1.18. The molecule has 2 N–H and O–H groups in total. The van der Waals surface area contributed by atoms with Crippen LogP contribution in [-0.2, 0) is 4.74 Å². The molecule has 2 heterocycles. The van der Waals surface area contributed by atoms with Crippen molar-refractivity contribution in [3.05, 3.63) is 10.6 Å². The van der Waals surface area contributed by atoms with Crippen molar-refractivity contribution in [2.24, 2.45) is 0 Å². The summed E-state index contributed by atoms with van der Waals surface area (Å²) in [7, 11) is 4.07. The summed E-state index contributed by atoms with van der Waals surface area (Å²) in [6.07, 6.45) is 2.06. The van der Waals surface area contributed by atoms with Crippen molar-refractivity contribution >= 4 is 22.4 Å². The summed E-state index contributed by atoms with van der Waals surface area (Å²) in [4.78, 5) is 21.2. The predicted octanol–water partition coefficient (Wildman–Crippen LogP) is 1.22. The third-order valence-corrected chi connectivity index (χ3v) is 4.60. The number of likely N-dealkylation sites (tertiary alicyclic amines) is 1. The number of amides is 1. The zero-order chi connectivity index (χ0) is 15.4. The van der Waals surface area contributed by atoms with Gasteiger partial charge in [-0.05, 0) is 33.9 Å². The Balaban J connectivity index is 1.81. The molecule has 0 atom stereocenters. The van der Waals surface area contributed by atoms with Gasteiger partial charge in [-0.3, -0.25) is 4.79 Å². The minimum absolute atomic E-state index is 0.0495. The van der Waals surface area contributed by atoms with Crippen LogP contribution in [0.25, 0.3) is 0 Å². The average molecular weight is 312 g/mol. The first-order valence-electron chi connectivity index (χ1n) is 7.26. The molecule has 0 aliphatic carbocycles. The molecule has 7 heteroatoms. The van der Waals surface area contributed by atoms with Gasteiger partial charge in [0.05, 0.1) is 18.4 Å². The number of hydrogen-bond acceptors (Lipinski definition) is 6. The van der Waals surface area contributed by atoms with Gasteiger partial charge in [0.2, 0.25) is 0 Å². The van der Waals surface area contributed by atoms with Gasteiger partial charge in [-0.2, -0.15) is 0 Å². The molecule has 6 nitrogen and oxygen atoms in total. The number of ether oxygens (including phenoxy) is 1. The highest BCUT2D eigenvalue weighted by Crippen LogP contribution is 2.23. The summed E-state index contributed by atoms with van der Waals surface area (Å²) in [5, 5.41) is 0.456. The highest BCUT2D eigenvalue weighted by Gasteiger charge is 2.26. The molecule has 1 aliphatic heterocycles. The van der Waals surface area contributed by atoms with Crippen molar-refractivity contribution < 1.29 is 9.53 Å². The van der Waals surface area contributed by atoms with E-state index in [1.54, 1.807) is 0 Å². The van der Waals surface area contributed by atoms with Gasteiger partial charge < -0.3 is 20.3 Å². The Morgan fingerprint density at radius 1 is 1.48 bits per heavy atom. The number of aryl methyl sites for hydroxylation is 1. The van der Waals surface area contributed by atoms with Crippen LogP contribution in [0.2, 0.25) is 0 Å². The van der Waals surface area contributed by atoms with E-state index >= 15 is 0 Å². The van der Waals surface area contributed by atoms with Crippen LogP contribution in [0.5, 0.6) is 0 Å². The first-order valence-corrected chi connectivity index (χ1v) is 8.07. The van der Waals surface area contributed by atoms with Crippen molar-refractivity contribution in [2.75, 3.05) is 46.1 Å². The number of rotatable bonds is 5. The Labute approximate surface area is 129 Å². The first-order chi connectivity index (χ1) is 9.97. The smallest absolute Gasteiger partial charge is 0.265 e. The largest absolute Gasteiger partial charge is 0.377 e. The van der Waals surface area contributed by atoms with Gasteiger partial charge in [-0.1, -0.05) is 11.3 Å². The number of carbonyl (C=O) groups excluding carboxylic acids is 1. The zero-order valence-electron chi connectivity index (χ0n) is 13.0. The summed E-state index contributed by atoms with van der Waals surface area (Å²) in [5.74, 6) is 0.0495. The quantitative estimate of drug-likeness (QED) is 0.885. The second-order valence-electron chi connectivity index (χ2n) is 5.63. The van der Waals surface area contributed by atoms with E-state index in [2.05, 4.69) is 9.88 Å². The van der Waals surface area contributed by atoms with Crippen molar-refractivity contribution in [3.63, 3.8) is 0 Å². The van der Waals surface area contributed by atoms with E-state index in [-0.39, 0.29) is 12.0 Å². The van der Waals surface area contributed by atoms with Gasteiger partial charge in [0.15, 0.2) is 5.13 Å². The molecule has 21 heavy (non-hydrogen) atoms. The summed E-state index contributed by atoms with van der Waals surface area (Å²) in [6, 6.07) is 0. The minimum atomic E-state index is 0.0495. The number of nitrogens with two attached hydrogens (primary N) is 1. The molecule has 0 bridgehead atoms. The van der Waals surface area contributed by atoms with Crippen molar-refractivity contribution in [3.8, 4) is 0 Å². The number of hydrogen-bond donors (Lipinski definition) is 1. The minimum Gasteiger partial charge on any atom is -0.377 e. The van der Waals surface area contributed by atoms with Crippen LogP contribution >= 0.6 is 11.3 Å². The summed E-state index contributed by atoms with van der Waals surface area (Å²) < 4.78 is 5.85. The summed E-state index contributed by atoms with van der Waals surface area (Å²) in [6.45, 7) is 4.98. The van der Waals surface area contributed by atoms with E-state index in [4.69, 9.17) is 10.5 Å². The lowest BCUT2D eigenvalue weighted by atomic mass is 10.1. The molecule has 1 amide bonds. The molecule has 1 aromatic rings. The summed E-state index contributed by atoms with van der Waals surface area (Å²) >= 11 is 1.27. The lowest BCUT2D eigenvalue weighted by molar-refractivity contribution is 0.00403. The monoisotopic (exact) mass is 312 g/mol. The van der Waals surface area contributed by atoms with Crippen LogP contribution in [0.1, 0.15) is 28.2 Å². The van der Waals surface area contributed by atoms with E-state index < -0.39 is 0 Å². The SMILES string of the molecule is Cc1nc(N)sc1C(=O)N1CCC(OCCN(C)C)CC1. The normalized spacial score (nSPS) is 16.7. The van der Waals surface area contributed by atoms with Gasteiger partial charge in [0.25, 0.3) is 5.91 Å². The maximum atomic E-state index is 12.4. The lowest BCUT2D eigenvalue weighted by Gasteiger charge is -2.32. The maximum absolute atomic E-state index is 12.4. The molecule has 1 aliphatic rings. The number of nitrogen functional groups attached to an aromatic ring is 1. The van der Waals surface area contributed by atoms with Crippen molar-refractivity contribution in [2.45, 2.75) is 25.9 Å². The van der Waals surface area contributed by atoms with Gasteiger partial charge in [-0.15, -0.1) is 0 Å². The highest BCUT2D eigenvalue weighted by molar-refractivity contribution is 7.17. The fraction of sp³-hybridized carbons (Fsp3) is 0.714. The predicted molar refractivity (Wildman–Crippen MR) is 84.7 cm³/mol. The molecule has 1 saturated heterocycles. The van der Waals surface area contributed by atoms with E-state index in [9.17, 15) is 4.79 Å². The van der Waals surface area contributed by atoms with E-state index in [0.29, 0.717) is 10.0 Å². The van der Waals surface area contributed by atoms with Gasteiger partial charge in [0.1, 0.15) is 4.88 Å². The van der Waals surface area contributed by atoms with Crippen molar-refractivity contribution in [1.82, 2.24) is 14.8 Å². The van der Waals surface area contributed by atoms with Gasteiger partial charge in [0, 0.05) is 19.6 Å². The van der Waals surface area contributed by atoms with Crippen LogP contribution in [0, 0.1) is 6.92 Å². The standard InChI is InChI=1S/C14H24N4O2S/c1-10-12(21-14(15)16-10)13(19)18-6-4-11(5-7-18)20-9-8-17(2)3/h11H,4-9H2,1-3H3,(H2,15,16).